The SMILES string of the molecule is Fc1cc(F)c(Cl)c(F)c1.O=S(=O)(Cl)Cl. The molecule has 0 amide bonds. The summed E-state index contributed by atoms with van der Waals surface area (Å²) in [6.07, 6.45) is 0. The molecule has 0 aliphatic carbocycles. The molecule has 0 radical (unpaired) electrons. The van der Waals surface area contributed by atoms with Gasteiger partial charge in [-0.1, -0.05) is 11.6 Å². The van der Waals surface area contributed by atoms with Crippen LogP contribution in [0, 0.1) is 17.5 Å². The first kappa shape index (κ1) is 14.8. The van der Waals surface area contributed by atoms with Crippen LogP contribution in [0.5, 0.6) is 0 Å². The maximum Gasteiger partial charge on any atom is 0.317 e. The molecule has 0 unspecified atom stereocenters. The zero-order valence-electron chi connectivity index (χ0n) is 6.65. The van der Waals surface area contributed by atoms with Gasteiger partial charge >= 0.3 is 8.26 Å². The summed E-state index contributed by atoms with van der Waals surface area (Å²) >= 11 is 5.03. The van der Waals surface area contributed by atoms with Crippen molar-refractivity contribution in [3.8, 4) is 0 Å². The van der Waals surface area contributed by atoms with E-state index in [1.54, 1.807) is 0 Å². The van der Waals surface area contributed by atoms with E-state index < -0.39 is 30.7 Å². The Bertz CT molecular complexity index is 418. The average molecular weight is 302 g/mol. The van der Waals surface area contributed by atoms with E-state index in [1.807, 2.05) is 0 Å². The molecule has 86 valence electrons. The van der Waals surface area contributed by atoms with E-state index in [0.29, 0.717) is 12.1 Å². The number of rotatable bonds is 0. The summed E-state index contributed by atoms with van der Waals surface area (Å²) in [5.41, 5.74) is 0. The van der Waals surface area contributed by atoms with Crippen LogP contribution in [0.2, 0.25) is 5.02 Å². The van der Waals surface area contributed by atoms with E-state index >= 15 is 0 Å². The van der Waals surface area contributed by atoms with E-state index in [9.17, 15) is 13.2 Å². The van der Waals surface area contributed by atoms with Crippen molar-refractivity contribution < 1.29 is 21.6 Å². The Labute approximate surface area is 97.5 Å². The standard InChI is InChI=1S/C6H2ClF3.Cl2O2S/c7-6-4(9)1-3(8)2-5(6)10;1-5(2,3)4/h1-2H;. The fraction of sp³-hybridized carbons (Fsp3) is 0. The lowest BCUT2D eigenvalue weighted by molar-refractivity contribution is 0.544. The lowest BCUT2D eigenvalue weighted by Gasteiger charge is -1.94. The van der Waals surface area contributed by atoms with Crippen molar-refractivity contribution in [2.45, 2.75) is 0 Å². The van der Waals surface area contributed by atoms with Gasteiger partial charge in [0.05, 0.1) is 0 Å². The molecule has 0 spiro atoms. The zero-order valence-corrected chi connectivity index (χ0v) is 9.73. The fourth-order valence-corrected chi connectivity index (χ4v) is 0.634. The summed E-state index contributed by atoms with van der Waals surface area (Å²) in [6, 6.07) is 1.04. The number of hydrogen-bond acceptors (Lipinski definition) is 2. The van der Waals surface area contributed by atoms with Crippen LogP contribution in [0.3, 0.4) is 0 Å². The minimum absolute atomic E-state index is 0.519. The molecular formula is C6H2Cl3F3O2S. The molecular weight excluding hydrogens is 299 g/mol. The Hall–Kier alpha value is -0.170. The highest BCUT2D eigenvalue weighted by Crippen LogP contribution is 2.19. The molecule has 1 rings (SSSR count). The van der Waals surface area contributed by atoms with Crippen molar-refractivity contribution in [3.63, 3.8) is 0 Å². The average Bonchev–Trinajstić information content (AvgIpc) is 1.96. The van der Waals surface area contributed by atoms with Crippen molar-refractivity contribution in [2.24, 2.45) is 0 Å². The number of hydrogen-bond donors (Lipinski definition) is 0. The molecule has 0 fully saturated rings. The van der Waals surface area contributed by atoms with Gasteiger partial charge in [-0.15, -0.1) is 0 Å². The normalized spacial score (nSPS) is 10.5. The van der Waals surface area contributed by atoms with Crippen LogP contribution < -0.4 is 0 Å². The molecule has 0 heterocycles. The molecule has 0 aliphatic rings. The van der Waals surface area contributed by atoms with Gasteiger partial charge in [0.2, 0.25) is 0 Å². The summed E-state index contributed by atoms with van der Waals surface area (Å²) in [7, 11) is 4.81. The fourth-order valence-electron chi connectivity index (χ4n) is 0.525. The molecule has 0 aliphatic heterocycles. The second-order valence-corrected chi connectivity index (χ2v) is 6.11. The molecule has 0 aromatic heterocycles. The van der Waals surface area contributed by atoms with Gasteiger partial charge in [-0.2, -0.15) is 8.42 Å². The molecule has 1 aromatic rings. The van der Waals surface area contributed by atoms with Gasteiger partial charge in [0.15, 0.2) is 0 Å². The molecule has 0 saturated carbocycles. The second kappa shape index (κ2) is 5.79. The monoisotopic (exact) mass is 300 g/mol. The first-order valence-electron chi connectivity index (χ1n) is 3.05. The second-order valence-electron chi connectivity index (χ2n) is 2.06. The van der Waals surface area contributed by atoms with Crippen LogP contribution in [-0.4, -0.2) is 8.42 Å². The molecule has 0 N–H and O–H groups in total. The Morgan fingerprint density at radius 1 is 1.00 bits per heavy atom. The molecule has 0 bridgehead atoms. The Morgan fingerprint density at radius 3 is 1.53 bits per heavy atom. The van der Waals surface area contributed by atoms with Crippen LogP contribution in [0.4, 0.5) is 13.2 Å². The minimum Gasteiger partial charge on any atom is -0.207 e. The predicted octanol–water partition coefficient (Wildman–Crippen LogP) is 3.47. The van der Waals surface area contributed by atoms with Gasteiger partial charge in [-0.05, 0) is 0 Å². The smallest absolute Gasteiger partial charge is 0.207 e. The van der Waals surface area contributed by atoms with Gasteiger partial charge in [-0.25, -0.2) is 13.2 Å². The first-order chi connectivity index (χ1) is 6.61. The molecule has 1 aromatic carbocycles. The van der Waals surface area contributed by atoms with Gasteiger partial charge in [-0.3, -0.25) is 0 Å². The lowest BCUT2D eigenvalue weighted by Crippen LogP contribution is -1.85. The summed E-state index contributed by atoms with van der Waals surface area (Å²) < 4.78 is 54.9. The minimum atomic E-state index is -3.72. The van der Waals surface area contributed by atoms with Crippen LogP contribution >= 0.6 is 33.0 Å². The topological polar surface area (TPSA) is 34.1 Å². The summed E-state index contributed by atoms with van der Waals surface area (Å²) in [5, 5.41) is -0.679. The van der Waals surface area contributed by atoms with Crippen molar-refractivity contribution in [1.29, 1.82) is 0 Å². The molecule has 0 saturated heterocycles. The lowest BCUT2D eigenvalue weighted by atomic mass is 10.3. The largest absolute Gasteiger partial charge is 0.317 e. The quantitative estimate of drug-likeness (QED) is 0.418. The van der Waals surface area contributed by atoms with E-state index in [1.165, 1.54) is 0 Å². The molecule has 0 atom stereocenters. The van der Waals surface area contributed by atoms with Crippen molar-refractivity contribution >= 4 is 41.2 Å². The van der Waals surface area contributed by atoms with E-state index in [-0.39, 0.29) is 0 Å². The summed E-state index contributed by atoms with van der Waals surface area (Å²) in [4.78, 5) is 0. The number of halogens is 6. The van der Waals surface area contributed by atoms with Gasteiger partial charge < -0.3 is 0 Å². The van der Waals surface area contributed by atoms with Crippen LogP contribution in [0.25, 0.3) is 0 Å². The molecule has 9 heteroatoms. The Morgan fingerprint density at radius 2 is 1.27 bits per heavy atom. The van der Waals surface area contributed by atoms with Crippen LogP contribution in [-0.2, 0) is 8.26 Å². The Balaban J connectivity index is 0.000000336. The third kappa shape index (κ3) is 7.72. The number of benzene rings is 1. The maximum atomic E-state index is 12.2. The van der Waals surface area contributed by atoms with Gasteiger partial charge in [0.25, 0.3) is 0 Å². The molecule has 2 nitrogen and oxygen atoms in total. The summed E-state index contributed by atoms with van der Waals surface area (Å²) in [6.45, 7) is 0. The van der Waals surface area contributed by atoms with E-state index in [0.717, 1.165) is 0 Å². The van der Waals surface area contributed by atoms with Crippen LogP contribution in [0.15, 0.2) is 12.1 Å². The highest BCUT2D eigenvalue weighted by molar-refractivity contribution is 8.31. The van der Waals surface area contributed by atoms with Crippen molar-refractivity contribution in [2.75, 3.05) is 0 Å². The van der Waals surface area contributed by atoms with E-state index in [2.05, 4.69) is 21.4 Å². The predicted molar refractivity (Wildman–Crippen MR) is 52.0 cm³/mol. The highest BCUT2D eigenvalue weighted by atomic mass is 36.0. The first-order valence-corrected chi connectivity index (χ1v) is 6.57. The zero-order chi connectivity index (χ0) is 12.2. The molecule has 15 heavy (non-hydrogen) atoms. The van der Waals surface area contributed by atoms with Crippen molar-refractivity contribution in [1.82, 2.24) is 0 Å². The van der Waals surface area contributed by atoms with Crippen LogP contribution in [0.1, 0.15) is 0 Å². The highest BCUT2D eigenvalue weighted by Gasteiger charge is 2.07. The third-order valence-electron chi connectivity index (χ3n) is 0.949. The summed E-state index contributed by atoms with van der Waals surface area (Å²) in [5.74, 6) is -3.14. The third-order valence-corrected chi connectivity index (χ3v) is 1.31. The van der Waals surface area contributed by atoms with E-state index in [4.69, 9.17) is 20.0 Å². The Kier molecular flexibility index (Phi) is 5.72. The van der Waals surface area contributed by atoms with Gasteiger partial charge in [0.1, 0.15) is 22.5 Å². The maximum absolute atomic E-state index is 12.2. The van der Waals surface area contributed by atoms with Crippen molar-refractivity contribution in [3.05, 3.63) is 34.6 Å². The van der Waals surface area contributed by atoms with Gasteiger partial charge in [0, 0.05) is 33.5 Å².